The van der Waals surface area contributed by atoms with Crippen molar-refractivity contribution in [2.75, 3.05) is 5.75 Å². The number of hydrogen-bond acceptors (Lipinski definition) is 8. The van der Waals surface area contributed by atoms with Crippen molar-refractivity contribution in [3.05, 3.63) is 0 Å². The average molecular weight is 436 g/mol. The van der Waals surface area contributed by atoms with E-state index in [1.807, 2.05) is 0 Å². The second kappa shape index (κ2) is 12.2. The molecule has 0 aromatic heterocycles. The number of amides is 4. The van der Waals surface area contributed by atoms with Crippen LogP contribution >= 0.6 is 12.6 Å². The number of thiol groups is 1. The molecule has 0 aliphatic heterocycles. The Bertz CT molecular complexity index is 629. The Morgan fingerprint density at radius 3 is 1.83 bits per heavy atom. The van der Waals surface area contributed by atoms with E-state index in [4.69, 9.17) is 16.6 Å². The molecule has 5 unspecified atom stereocenters. The van der Waals surface area contributed by atoms with Crippen LogP contribution in [0.2, 0.25) is 0 Å². The van der Waals surface area contributed by atoms with Crippen molar-refractivity contribution in [3.63, 3.8) is 0 Å². The summed E-state index contributed by atoms with van der Waals surface area (Å²) in [4.78, 5) is 58.9. The van der Waals surface area contributed by atoms with Gasteiger partial charge in [0.15, 0.2) is 6.04 Å². The smallest absolute Gasteiger partial charge is 0.328 e. The highest BCUT2D eigenvalue weighted by molar-refractivity contribution is 7.80. The van der Waals surface area contributed by atoms with Crippen molar-refractivity contribution in [3.8, 4) is 0 Å². The normalized spacial score (nSPS) is 16.1. The Labute approximate surface area is 173 Å². The molecule has 12 nitrogen and oxygen atoms in total. The van der Waals surface area contributed by atoms with E-state index in [2.05, 4.69) is 28.6 Å². The fourth-order valence-corrected chi connectivity index (χ4v) is 2.46. The van der Waals surface area contributed by atoms with E-state index < -0.39 is 72.2 Å². The first kappa shape index (κ1) is 26.6. The third-order valence-electron chi connectivity index (χ3n) is 3.87. The molecule has 0 saturated carbocycles. The van der Waals surface area contributed by atoms with Crippen molar-refractivity contribution in [1.29, 1.82) is 0 Å². The molecular formula is C16H29N5O7S. The quantitative estimate of drug-likeness (QED) is 0.145. The third-order valence-corrected chi connectivity index (χ3v) is 4.23. The number of carboxylic acids is 1. The van der Waals surface area contributed by atoms with Crippen molar-refractivity contribution in [2.45, 2.75) is 57.5 Å². The molecule has 0 aliphatic carbocycles. The van der Waals surface area contributed by atoms with Crippen LogP contribution in [0.3, 0.4) is 0 Å². The average Bonchev–Trinajstić information content (AvgIpc) is 2.59. The summed E-state index contributed by atoms with van der Waals surface area (Å²) in [5.74, 6) is -5.20. The van der Waals surface area contributed by atoms with Crippen LogP contribution in [0.4, 0.5) is 0 Å². The van der Waals surface area contributed by atoms with Gasteiger partial charge in [0, 0.05) is 5.75 Å². The molecule has 0 spiro atoms. The molecule has 0 rings (SSSR count). The van der Waals surface area contributed by atoms with E-state index in [0.717, 1.165) is 0 Å². The summed E-state index contributed by atoms with van der Waals surface area (Å²) in [7, 11) is 0. The van der Waals surface area contributed by atoms with Gasteiger partial charge in [-0.2, -0.15) is 12.6 Å². The number of rotatable bonds is 12. The van der Waals surface area contributed by atoms with Crippen LogP contribution in [0.1, 0.15) is 27.2 Å². The number of carboxylic acid groups (broad SMARTS) is 1. The van der Waals surface area contributed by atoms with Crippen LogP contribution in [-0.2, 0) is 24.0 Å². The van der Waals surface area contributed by atoms with Gasteiger partial charge in [-0.15, -0.1) is 0 Å². The molecule has 5 atom stereocenters. The van der Waals surface area contributed by atoms with Gasteiger partial charge in [0.2, 0.25) is 23.6 Å². The van der Waals surface area contributed by atoms with Crippen LogP contribution < -0.4 is 27.4 Å². The van der Waals surface area contributed by atoms with E-state index in [-0.39, 0.29) is 5.75 Å². The maximum atomic E-state index is 12.6. The van der Waals surface area contributed by atoms with Crippen molar-refractivity contribution in [2.24, 2.45) is 17.4 Å². The Kier molecular flexibility index (Phi) is 11.2. The van der Waals surface area contributed by atoms with Crippen LogP contribution in [-0.4, -0.2) is 75.8 Å². The van der Waals surface area contributed by atoms with Crippen molar-refractivity contribution >= 4 is 42.2 Å². The van der Waals surface area contributed by atoms with Crippen LogP contribution in [0.5, 0.6) is 0 Å². The first-order valence-electron chi connectivity index (χ1n) is 8.78. The highest BCUT2D eigenvalue weighted by Crippen LogP contribution is 2.05. The summed E-state index contributed by atoms with van der Waals surface area (Å²) in [6.45, 7) is 4.45. The van der Waals surface area contributed by atoms with Crippen molar-refractivity contribution in [1.82, 2.24) is 16.0 Å². The van der Waals surface area contributed by atoms with Gasteiger partial charge in [0.05, 0.1) is 18.6 Å². The molecule has 166 valence electrons. The van der Waals surface area contributed by atoms with Gasteiger partial charge < -0.3 is 37.6 Å². The minimum absolute atomic E-state index is 0.177. The Morgan fingerprint density at radius 2 is 1.45 bits per heavy atom. The predicted octanol–water partition coefficient (Wildman–Crippen LogP) is -3.31. The standard InChI is InChI=1S/C16H29N5O7S/c1-6(2)11(20-13(24)8(17)4-10(18)23)15(26)19-9(5-29)14(25)21-12(7(3)22)16(27)28/h6-9,11-12,22,29H,4-5,17H2,1-3H3,(H2,18,23)(H,19,26)(H,20,24)(H,21,25)(H,27,28). The molecule has 0 bridgehead atoms. The zero-order valence-electron chi connectivity index (χ0n) is 16.4. The molecule has 13 heteroatoms. The molecule has 0 aromatic rings. The summed E-state index contributed by atoms with van der Waals surface area (Å²) in [6, 6.07) is -5.14. The molecule has 0 aliphatic rings. The first-order chi connectivity index (χ1) is 13.3. The Hall–Kier alpha value is -2.38. The summed E-state index contributed by atoms with van der Waals surface area (Å²) in [6.07, 6.45) is -1.78. The highest BCUT2D eigenvalue weighted by atomic mass is 32.1. The van der Waals surface area contributed by atoms with E-state index >= 15 is 0 Å². The molecule has 0 saturated heterocycles. The second-order valence-electron chi connectivity index (χ2n) is 6.82. The van der Waals surface area contributed by atoms with E-state index in [9.17, 15) is 29.1 Å². The van der Waals surface area contributed by atoms with Gasteiger partial charge in [0.25, 0.3) is 0 Å². The molecule has 0 radical (unpaired) electrons. The molecule has 0 aromatic carbocycles. The predicted molar refractivity (Wildman–Crippen MR) is 106 cm³/mol. The number of aliphatic hydroxyl groups excluding tert-OH is 1. The maximum Gasteiger partial charge on any atom is 0.328 e. The number of aliphatic carboxylic acids is 1. The van der Waals surface area contributed by atoms with Gasteiger partial charge in [-0.25, -0.2) is 4.79 Å². The lowest BCUT2D eigenvalue weighted by molar-refractivity contribution is -0.145. The number of carbonyl (C=O) groups is 5. The van der Waals surface area contributed by atoms with Crippen LogP contribution in [0.25, 0.3) is 0 Å². The minimum Gasteiger partial charge on any atom is -0.480 e. The lowest BCUT2D eigenvalue weighted by atomic mass is 10.0. The highest BCUT2D eigenvalue weighted by Gasteiger charge is 2.32. The van der Waals surface area contributed by atoms with Crippen LogP contribution in [0.15, 0.2) is 0 Å². The number of hydrogen-bond donors (Lipinski definition) is 8. The van der Waals surface area contributed by atoms with Gasteiger partial charge in [-0.3, -0.25) is 19.2 Å². The lowest BCUT2D eigenvalue weighted by Gasteiger charge is -2.26. The Balaban J connectivity index is 5.17. The SMILES string of the molecule is CC(C)C(NC(=O)C(N)CC(N)=O)C(=O)NC(CS)C(=O)NC(C(=O)O)C(C)O. The number of aliphatic hydroxyl groups is 1. The number of nitrogens with one attached hydrogen (secondary N) is 3. The fraction of sp³-hybridized carbons (Fsp3) is 0.688. The first-order valence-corrected chi connectivity index (χ1v) is 9.41. The molecule has 4 amide bonds. The lowest BCUT2D eigenvalue weighted by Crippen LogP contribution is -2.59. The molecule has 0 fully saturated rings. The fourth-order valence-electron chi connectivity index (χ4n) is 2.20. The monoisotopic (exact) mass is 435 g/mol. The number of primary amides is 1. The largest absolute Gasteiger partial charge is 0.480 e. The van der Waals surface area contributed by atoms with E-state index in [0.29, 0.717) is 0 Å². The maximum absolute atomic E-state index is 12.6. The molecule has 9 N–H and O–H groups in total. The Morgan fingerprint density at radius 1 is 0.931 bits per heavy atom. The molecule has 0 heterocycles. The summed E-state index contributed by atoms with van der Waals surface area (Å²) in [5, 5.41) is 25.3. The summed E-state index contributed by atoms with van der Waals surface area (Å²) < 4.78 is 0. The number of carbonyl (C=O) groups excluding carboxylic acids is 4. The molecular weight excluding hydrogens is 406 g/mol. The van der Waals surface area contributed by atoms with Crippen LogP contribution in [0, 0.1) is 5.92 Å². The second-order valence-corrected chi connectivity index (χ2v) is 7.18. The topological polar surface area (TPSA) is 214 Å². The number of nitrogens with two attached hydrogens (primary N) is 2. The van der Waals surface area contributed by atoms with E-state index in [1.165, 1.54) is 6.92 Å². The van der Waals surface area contributed by atoms with Gasteiger partial charge in [-0.05, 0) is 12.8 Å². The van der Waals surface area contributed by atoms with Gasteiger partial charge in [-0.1, -0.05) is 13.8 Å². The zero-order chi connectivity index (χ0) is 22.9. The molecule has 29 heavy (non-hydrogen) atoms. The summed E-state index contributed by atoms with van der Waals surface area (Å²) in [5.41, 5.74) is 10.5. The minimum atomic E-state index is -1.57. The zero-order valence-corrected chi connectivity index (χ0v) is 17.3. The third kappa shape index (κ3) is 9.11. The van der Waals surface area contributed by atoms with Gasteiger partial charge in [0.1, 0.15) is 12.1 Å². The summed E-state index contributed by atoms with van der Waals surface area (Å²) >= 11 is 3.97. The van der Waals surface area contributed by atoms with Crippen molar-refractivity contribution < 1.29 is 34.2 Å². The van der Waals surface area contributed by atoms with E-state index in [1.54, 1.807) is 13.8 Å². The van der Waals surface area contributed by atoms with Gasteiger partial charge >= 0.3 is 5.97 Å².